The third kappa shape index (κ3) is 2.93. The number of hydrogen-bond donors (Lipinski definition) is 2. The molecule has 92 valence electrons. The Kier molecular flexibility index (Phi) is 3.69. The highest BCUT2D eigenvalue weighted by Gasteiger charge is 2.15. The van der Waals surface area contributed by atoms with Crippen molar-refractivity contribution in [3.8, 4) is 0 Å². The predicted octanol–water partition coefficient (Wildman–Crippen LogP) is 2.03. The summed E-state index contributed by atoms with van der Waals surface area (Å²) < 4.78 is 0. The number of nitrogens with one attached hydrogen (secondary N) is 1. The number of amides is 1. The average molecular weight is 241 g/mol. The molecule has 1 heterocycles. The molecule has 1 amide bonds. The summed E-state index contributed by atoms with van der Waals surface area (Å²) in [5.74, 6) is -0.242. The molecule has 0 aliphatic heterocycles. The van der Waals surface area contributed by atoms with Crippen LogP contribution >= 0.6 is 0 Å². The minimum atomic E-state index is -0.674. The van der Waals surface area contributed by atoms with Crippen molar-refractivity contribution in [1.82, 2.24) is 4.98 Å². The Labute approximate surface area is 106 Å². The fourth-order valence-electron chi connectivity index (χ4n) is 1.66. The number of pyridine rings is 1. The van der Waals surface area contributed by atoms with Gasteiger partial charge in [-0.3, -0.25) is 9.78 Å². The summed E-state index contributed by atoms with van der Waals surface area (Å²) in [5, 5.41) is 2.75. The largest absolute Gasteiger partial charge is 0.323 e. The molecule has 4 heteroatoms. The van der Waals surface area contributed by atoms with Crippen molar-refractivity contribution in [2.45, 2.75) is 13.0 Å². The SMILES string of the molecule is Cc1cncc(NC(=O)[C@@H](N)c2ccccc2)c1. The van der Waals surface area contributed by atoms with E-state index in [-0.39, 0.29) is 5.91 Å². The maximum absolute atomic E-state index is 12.0. The fourth-order valence-corrected chi connectivity index (χ4v) is 1.66. The van der Waals surface area contributed by atoms with Crippen LogP contribution in [0, 0.1) is 6.92 Å². The van der Waals surface area contributed by atoms with Gasteiger partial charge in [0.15, 0.2) is 0 Å². The lowest BCUT2D eigenvalue weighted by atomic mass is 10.1. The average Bonchev–Trinajstić information content (AvgIpc) is 2.39. The van der Waals surface area contributed by atoms with Gasteiger partial charge in [0, 0.05) is 6.20 Å². The van der Waals surface area contributed by atoms with Crippen molar-refractivity contribution >= 4 is 11.6 Å². The van der Waals surface area contributed by atoms with E-state index in [0.717, 1.165) is 11.1 Å². The van der Waals surface area contributed by atoms with Gasteiger partial charge in [-0.05, 0) is 24.1 Å². The molecule has 0 aliphatic rings. The van der Waals surface area contributed by atoms with E-state index in [2.05, 4.69) is 10.3 Å². The molecule has 4 nitrogen and oxygen atoms in total. The van der Waals surface area contributed by atoms with Crippen LogP contribution in [0.3, 0.4) is 0 Å². The molecule has 1 aromatic carbocycles. The normalized spacial score (nSPS) is 11.9. The molecule has 0 radical (unpaired) electrons. The first kappa shape index (κ1) is 12.3. The first-order valence-corrected chi connectivity index (χ1v) is 5.70. The van der Waals surface area contributed by atoms with Crippen molar-refractivity contribution in [2.24, 2.45) is 5.73 Å². The van der Waals surface area contributed by atoms with Crippen LogP contribution in [0.25, 0.3) is 0 Å². The minimum absolute atomic E-state index is 0.242. The minimum Gasteiger partial charge on any atom is -0.323 e. The van der Waals surface area contributed by atoms with E-state index >= 15 is 0 Å². The van der Waals surface area contributed by atoms with Gasteiger partial charge >= 0.3 is 0 Å². The van der Waals surface area contributed by atoms with Crippen molar-refractivity contribution in [2.75, 3.05) is 5.32 Å². The summed E-state index contributed by atoms with van der Waals surface area (Å²) in [7, 11) is 0. The molecule has 0 saturated heterocycles. The fraction of sp³-hybridized carbons (Fsp3) is 0.143. The topological polar surface area (TPSA) is 68.0 Å². The molecular formula is C14H15N3O. The number of benzene rings is 1. The van der Waals surface area contributed by atoms with Gasteiger partial charge in [0.25, 0.3) is 0 Å². The molecule has 0 aliphatic carbocycles. The van der Waals surface area contributed by atoms with Gasteiger partial charge in [-0.25, -0.2) is 0 Å². The molecule has 18 heavy (non-hydrogen) atoms. The second-order valence-corrected chi connectivity index (χ2v) is 4.13. The highest BCUT2D eigenvalue weighted by atomic mass is 16.2. The molecule has 0 saturated carbocycles. The lowest BCUT2D eigenvalue weighted by molar-refractivity contribution is -0.117. The highest BCUT2D eigenvalue weighted by molar-refractivity contribution is 5.95. The van der Waals surface area contributed by atoms with E-state index in [0.29, 0.717) is 5.69 Å². The molecule has 3 N–H and O–H groups in total. The van der Waals surface area contributed by atoms with Crippen LogP contribution in [0.2, 0.25) is 0 Å². The monoisotopic (exact) mass is 241 g/mol. The van der Waals surface area contributed by atoms with Gasteiger partial charge in [-0.2, -0.15) is 0 Å². The zero-order valence-electron chi connectivity index (χ0n) is 10.1. The van der Waals surface area contributed by atoms with Crippen LogP contribution in [0.15, 0.2) is 48.8 Å². The van der Waals surface area contributed by atoms with Crippen LogP contribution in [0.4, 0.5) is 5.69 Å². The summed E-state index contributed by atoms with van der Waals surface area (Å²) in [6.07, 6.45) is 3.33. The van der Waals surface area contributed by atoms with Gasteiger partial charge in [0.05, 0.1) is 11.9 Å². The number of anilines is 1. The smallest absolute Gasteiger partial charge is 0.245 e. The van der Waals surface area contributed by atoms with Crippen molar-refractivity contribution in [3.05, 3.63) is 59.9 Å². The van der Waals surface area contributed by atoms with E-state index in [4.69, 9.17) is 5.73 Å². The number of aryl methyl sites for hydroxylation is 1. The molecule has 1 atom stereocenters. The first-order chi connectivity index (χ1) is 8.66. The van der Waals surface area contributed by atoms with Gasteiger partial charge in [-0.15, -0.1) is 0 Å². The van der Waals surface area contributed by atoms with Crippen LogP contribution in [-0.4, -0.2) is 10.9 Å². The van der Waals surface area contributed by atoms with E-state index in [9.17, 15) is 4.79 Å². The van der Waals surface area contributed by atoms with Gasteiger partial charge < -0.3 is 11.1 Å². The Morgan fingerprint density at radius 2 is 2.00 bits per heavy atom. The number of aromatic nitrogens is 1. The lowest BCUT2D eigenvalue weighted by Gasteiger charge is -2.12. The quantitative estimate of drug-likeness (QED) is 0.864. The maximum atomic E-state index is 12.0. The second-order valence-electron chi connectivity index (χ2n) is 4.13. The van der Waals surface area contributed by atoms with E-state index in [1.54, 1.807) is 12.4 Å². The van der Waals surface area contributed by atoms with Crippen molar-refractivity contribution in [1.29, 1.82) is 0 Å². The summed E-state index contributed by atoms with van der Waals surface area (Å²) >= 11 is 0. The molecule has 1 aromatic heterocycles. The summed E-state index contributed by atoms with van der Waals surface area (Å²) in [4.78, 5) is 16.0. The zero-order valence-corrected chi connectivity index (χ0v) is 10.1. The third-order valence-electron chi connectivity index (χ3n) is 2.58. The van der Waals surface area contributed by atoms with Crippen LogP contribution in [-0.2, 0) is 4.79 Å². The zero-order chi connectivity index (χ0) is 13.0. The Morgan fingerprint density at radius 3 is 2.67 bits per heavy atom. The summed E-state index contributed by atoms with van der Waals surface area (Å²) in [6.45, 7) is 1.92. The Morgan fingerprint density at radius 1 is 1.28 bits per heavy atom. The number of nitrogens with two attached hydrogens (primary N) is 1. The van der Waals surface area contributed by atoms with Crippen LogP contribution in [0.1, 0.15) is 17.2 Å². The molecule has 2 aromatic rings. The predicted molar refractivity (Wildman–Crippen MR) is 71.0 cm³/mol. The van der Waals surface area contributed by atoms with Crippen molar-refractivity contribution < 1.29 is 4.79 Å². The molecular weight excluding hydrogens is 226 g/mol. The number of hydrogen-bond acceptors (Lipinski definition) is 3. The Balaban J connectivity index is 2.09. The summed E-state index contributed by atoms with van der Waals surface area (Å²) in [6, 6.07) is 10.4. The number of rotatable bonds is 3. The lowest BCUT2D eigenvalue weighted by Crippen LogP contribution is -2.27. The van der Waals surface area contributed by atoms with E-state index in [1.165, 1.54) is 0 Å². The van der Waals surface area contributed by atoms with Gasteiger partial charge in [-0.1, -0.05) is 30.3 Å². The third-order valence-corrected chi connectivity index (χ3v) is 2.58. The Hall–Kier alpha value is -2.20. The van der Waals surface area contributed by atoms with Crippen molar-refractivity contribution in [3.63, 3.8) is 0 Å². The number of carbonyl (C=O) groups excluding carboxylic acids is 1. The van der Waals surface area contributed by atoms with E-state index in [1.807, 2.05) is 43.3 Å². The Bertz CT molecular complexity index is 540. The molecule has 2 rings (SSSR count). The second kappa shape index (κ2) is 5.42. The maximum Gasteiger partial charge on any atom is 0.245 e. The first-order valence-electron chi connectivity index (χ1n) is 5.70. The molecule has 0 spiro atoms. The molecule has 0 fully saturated rings. The van der Waals surface area contributed by atoms with Crippen LogP contribution in [0.5, 0.6) is 0 Å². The van der Waals surface area contributed by atoms with Gasteiger partial charge in [0.1, 0.15) is 6.04 Å². The standard InChI is InChI=1S/C14H15N3O/c1-10-7-12(9-16-8-10)17-14(18)13(15)11-5-3-2-4-6-11/h2-9,13H,15H2,1H3,(H,17,18)/t13-/m0/s1. The number of carbonyl (C=O) groups is 1. The molecule has 0 bridgehead atoms. The highest BCUT2D eigenvalue weighted by Crippen LogP contribution is 2.13. The van der Waals surface area contributed by atoms with Crippen LogP contribution < -0.4 is 11.1 Å². The van der Waals surface area contributed by atoms with Gasteiger partial charge in [0.2, 0.25) is 5.91 Å². The molecule has 0 unspecified atom stereocenters. The van der Waals surface area contributed by atoms with E-state index < -0.39 is 6.04 Å². The summed E-state index contributed by atoms with van der Waals surface area (Å²) in [5.41, 5.74) is 8.33. The number of nitrogens with zero attached hydrogens (tertiary/aromatic N) is 1.